The van der Waals surface area contributed by atoms with Crippen molar-refractivity contribution in [3.05, 3.63) is 166 Å². The van der Waals surface area contributed by atoms with Crippen LogP contribution in [0.25, 0.3) is 22.0 Å². The highest BCUT2D eigenvalue weighted by Gasteiger charge is 2.32. The van der Waals surface area contributed by atoms with Gasteiger partial charge in [-0.3, -0.25) is 4.57 Å². The number of carbonyl (C=O) groups is 3. The lowest BCUT2D eigenvalue weighted by Gasteiger charge is -2.24. The molecule has 0 spiro atoms. The van der Waals surface area contributed by atoms with Crippen molar-refractivity contribution in [2.45, 2.75) is 64.7 Å². The van der Waals surface area contributed by atoms with E-state index in [1.807, 2.05) is 111 Å². The topological polar surface area (TPSA) is 95.9 Å². The summed E-state index contributed by atoms with van der Waals surface area (Å²) in [6.07, 6.45) is -0.359. The van der Waals surface area contributed by atoms with Gasteiger partial charge in [-0.25, -0.2) is 14.4 Å². The van der Waals surface area contributed by atoms with E-state index in [1.165, 1.54) is 4.57 Å². The monoisotopic (exact) mass is 720 g/mol. The first-order chi connectivity index (χ1) is 25.9. The molecule has 1 N–H and O–H groups in total. The Hall–Kier alpha value is -6.15. The van der Waals surface area contributed by atoms with Crippen molar-refractivity contribution in [3.8, 4) is 11.1 Å². The highest BCUT2D eigenvalue weighted by molar-refractivity contribution is 5.93. The van der Waals surface area contributed by atoms with E-state index in [2.05, 4.69) is 29.6 Å². The number of esters is 1. The lowest BCUT2D eigenvalue weighted by Crippen LogP contribution is -2.44. The van der Waals surface area contributed by atoms with Crippen LogP contribution >= 0.6 is 0 Å². The summed E-state index contributed by atoms with van der Waals surface area (Å²) >= 11 is 0. The fraction of sp³-hybridized carbons (Fsp3) is 0.239. The average Bonchev–Trinajstić information content (AvgIpc) is 3.68. The molecule has 1 atom stereocenters. The smallest absolute Gasteiger partial charge is 0.419 e. The van der Waals surface area contributed by atoms with Crippen molar-refractivity contribution in [2.75, 3.05) is 6.61 Å². The third-order valence-corrected chi connectivity index (χ3v) is 9.72. The summed E-state index contributed by atoms with van der Waals surface area (Å²) in [5, 5.41) is 3.58. The van der Waals surface area contributed by atoms with E-state index < -0.39 is 35.9 Å². The minimum atomic E-state index is -1.17. The Bertz CT molecular complexity index is 2230. The highest BCUT2D eigenvalue weighted by atomic mass is 16.6. The molecule has 6 aromatic rings. The van der Waals surface area contributed by atoms with Crippen LogP contribution in [0, 0.1) is 13.8 Å². The Morgan fingerprint density at radius 1 is 0.722 bits per heavy atom. The fourth-order valence-electron chi connectivity index (χ4n) is 7.08. The van der Waals surface area contributed by atoms with Gasteiger partial charge < -0.3 is 19.5 Å². The lowest BCUT2D eigenvalue weighted by atomic mass is 9.98. The molecular formula is C46H44N2O6. The zero-order chi connectivity index (χ0) is 38.0. The summed E-state index contributed by atoms with van der Waals surface area (Å²) in [5.74, 6) is -0.809. The lowest BCUT2D eigenvalue weighted by molar-refractivity contribution is -0.150. The van der Waals surface area contributed by atoms with Crippen LogP contribution in [0.4, 0.5) is 9.59 Å². The molecule has 1 aromatic heterocycles. The van der Waals surface area contributed by atoms with Crippen LogP contribution in [-0.4, -0.2) is 41.0 Å². The Morgan fingerprint density at radius 3 is 1.83 bits per heavy atom. The van der Waals surface area contributed by atoms with Crippen LogP contribution in [0.2, 0.25) is 0 Å². The molecule has 1 amide bonds. The van der Waals surface area contributed by atoms with E-state index in [-0.39, 0.29) is 18.9 Å². The molecule has 8 heteroatoms. The van der Waals surface area contributed by atoms with Crippen molar-refractivity contribution < 1.29 is 28.6 Å². The van der Waals surface area contributed by atoms with Gasteiger partial charge in [-0.05, 0) is 79.6 Å². The van der Waals surface area contributed by atoms with E-state index in [4.69, 9.17) is 14.2 Å². The molecule has 5 aromatic carbocycles. The number of nitrogens with one attached hydrogen (secondary N) is 1. The predicted octanol–water partition coefficient (Wildman–Crippen LogP) is 9.82. The number of aromatic nitrogens is 1. The van der Waals surface area contributed by atoms with Crippen LogP contribution in [0.15, 0.2) is 128 Å². The first-order valence-electron chi connectivity index (χ1n) is 18.2. The third-order valence-electron chi connectivity index (χ3n) is 9.72. The van der Waals surface area contributed by atoms with Crippen molar-refractivity contribution >= 4 is 29.1 Å². The maximum Gasteiger partial charge on any atom is 0.419 e. The van der Waals surface area contributed by atoms with Gasteiger partial charge in [0, 0.05) is 23.9 Å². The Morgan fingerprint density at radius 2 is 1.26 bits per heavy atom. The molecule has 274 valence electrons. The van der Waals surface area contributed by atoms with Gasteiger partial charge in [0.2, 0.25) is 0 Å². The maximum atomic E-state index is 14.4. The summed E-state index contributed by atoms with van der Waals surface area (Å²) in [7, 11) is 0. The third kappa shape index (κ3) is 7.78. The molecule has 1 heterocycles. The predicted molar refractivity (Wildman–Crippen MR) is 210 cm³/mol. The Balaban J connectivity index is 1.20. The summed E-state index contributed by atoms with van der Waals surface area (Å²) in [5.41, 5.74) is 8.67. The van der Waals surface area contributed by atoms with Crippen LogP contribution in [0.5, 0.6) is 0 Å². The van der Waals surface area contributed by atoms with Crippen LogP contribution in [0.3, 0.4) is 0 Å². The van der Waals surface area contributed by atoms with Gasteiger partial charge in [0.1, 0.15) is 18.2 Å². The SMILES string of the molecule is Cc1ccc(C(OC(=O)[C@H](Cc2cn(C(=O)OC(C)(C)C)c3ccccc23)NC(=O)OCC2c3ccccc3-c3ccccc32)c2ccc(C)cc2)cc1. The minimum Gasteiger partial charge on any atom is -0.451 e. The Kier molecular flexibility index (Phi) is 10.1. The first-order valence-corrected chi connectivity index (χ1v) is 18.2. The van der Waals surface area contributed by atoms with E-state index in [9.17, 15) is 14.4 Å². The first kappa shape index (κ1) is 36.2. The summed E-state index contributed by atoms with van der Waals surface area (Å²) in [6.45, 7) is 9.49. The number of nitrogens with zero attached hydrogens (tertiary/aromatic N) is 1. The van der Waals surface area contributed by atoms with Gasteiger partial charge in [0.25, 0.3) is 0 Å². The molecule has 0 radical (unpaired) electrons. The molecule has 0 aliphatic heterocycles. The van der Waals surface area contributed by atoms with Crippen molar-refractivity contribution in [2.24, 2.45) is 0 Å². The second-order valence-corrected chi connectivity index (χ2v) is 14.9. The number of para-hydroxylation sites is 1. The van der Waals surface area contributed by atoms with Gasteiger partial charge in [-0.2, -0.15) is 0 Å². The molecule has 0 saturated heterocycles. The molecule has 1 aliphatic rings. The summed E-state index contributed by atoms with van der Waals surface area (Å²) < 4.78 is 19.4. The van der Waals surface area contributed by atoms with E-state index in [0.29, 0.717) is 11.1 Å². The quantitative estimate of drug-likeness (QED) is 0.118. The zero-order valence-electron chi connectivity index (χ0n) is 31.2. The summed E-state index contributed by atoms with van der Waals surface area (Å²) in [6, 6.07) is 38.1. The number of carbonyl (C=O) groups excluding carboxylic acids is 3. The molecule has 0 fully saturated rings. The van der Waals surface area contributed by atoms with E-state index in [0.717, 1.165) is 49.9 Å². The van der Waals surface area contributed by atoms with Gasteiger partial charge in [0.05, 0.1) is 5.52 Å². The second kappa shape index (κ2) is 15.1. The number of rotatable bonds is 9. The van der Waals surface area contributed by atoms with Crippen LogP contribution in [0.1, 0.15) is 71.7 Å². The molecule has 0 bridgehead atoms. The molecule has 7 rings (SSSR count). The van der Waals surface area contributed by atoms with Gasteiger partial charge in [0.15, 0.2) is 6.10 Å². The number of amides is 1. The minimum absolute atomic E-state index is 0.0217. The second-order valence-electron chi connectivity index (χ2n) is 14.9. The molecule has 54 heavy (non-hydrogen) atoms. The molecule has 8 nitrogen and oxygen atoms in total. The fourth-order valence-corrected chi connectivity index (χ4v) is 7.08. The number of fused-ring (bicyclic) bond motifs is 4. The number of alkyl carbamates (subject to hydrolysis) is 1. The molecule has 0 saturated carbocycles. The number of hydrogen-bond donors (Lipinski definition) is 1. The van der Waals surface area contributed by atoms with Gasteiger partial charge >= 0.3 is 18.2 Å². The average molecular weight is 721 g/mol. The van der Waals surface area contributed by atoms with E-state index >= 15 is 0 Å². The number of hydrogen-bond acceptors (Lipinski definition) is 6. The van der Waals surface area contributed by atoms with Crippen molar-refractivity contribution in [3.63, 3.8) is 0 Å². The standard InChI is InChI=1S/C46H44N2O6/c1-29-18-22-31(23-19-29)42(32-24-20-30(2)21-25-32)53-43(49)40(26-33-27-48(45(51)54-46(3,4)5)41-17-11-10-12-34(33)41)47-44(50)52-28-39-37-15-8-6-13-35(37)36-14-7-9-16-38(36)39/h6-25,27,39-40,42H,26,28H2,1-5H3,(H,47,50)/t40-/m0/s1. The summed E-state index contributed by atoms with van der Waals surface area (Å²) in [4.78, 5) is 41.5. The van der Waals surface area contributed by atoms with E-state index in [1.54, 1.807) is 27.0 Å². The molecular weight excluding hydrogens is 677 g/mol. The maximum absolute atomic E-state index is 14.4. The van der Waals surface area contributed by atoms with Gasteiger partial charge in [-0.15, -0.1) is 0 Å². The normalized spacial score (nSPS) is 12.9. The number of benzene rings is 5. The number of aryl methyl sites for hydroxylation is 2. The van der Waals surface area contributed by atoms with Crippen molar-refractivity contribution in [1.82, 2.24) is 9.88 Å². The zero-order valence-corrected chi connectivity index (χ0v) is 31.2. The van der Waals surface area contributed by atoms with Crippen LogP contribution < -0.4 is 5.32 Å². The molecule has 1 aliphatic carbocycles. The number of ether oxygens (including phenoxy) is 3. The van der Waals surface area contributed by atoms with Crippen molar-refractivity contribution in [1.29, 1.82) is 0 Å². The van der Waals surface area contributed by atoms with Gasteiger partial charge in [-0.1, -0.05) is 126 Å². The van der Waals surface area contributed by atoms with Crippen LogP contribution in [-0.2, 0) is 25.4 Å². The molecule has 0 unspecified atom stereocenters. The largest absolute Gasteiger partial charge is 0.451 e. The Labute approximate surface area is 315 Å². The highest BCUT2D eigenvalue weighted by Crippen LogP contribution is 2.44.